The Labute approximate surface area is 141 Å². The van der Waals surface area contributed by atoms with Gasteiger partial charge in [-0.2, -0.15) is 0 Å². The zero-order chi connectivity index (χ0) is 15.4. The summed E-state index contributed by atoms with van der Waals surface area (Å²) < 4.78 is 1.04. The summed E-state index contributed by atoms with van der Waals surface area (Å²) in [6.07, 6.45) is 2.23. The molecule has 116 valence electrons. The molecule has 0 N–H and O–H groups in total. The fraction of sp³-hybridized carbons (Fsp3) is 0.588. The van der Waals surface area contributed by atoms with Crippen LogP contribution in [-0.4, -0.2) is 48.4 Å². The maximum absolute atomic E-state index is 12.6. The number of nitrogens with zero attached hydrogens (tertiary/aromatic N) is 2. The van der Waals surface area contributed by atoms with E-state index in [1.807, 2.05) is 29.2 Å². The Bertz CT molecular complexity index is 481. The van der Waals surface area contributed by atoms with Gasteiger partial charge in [0.25, 0.3) is 5.91 Å². The van der Waals surface area contributed by atoms with Crippen molar-refractivity contribution in [2.24, 2.45) is 5.92 Å². The minimum absolute atomic E-state index is 0.190. The van der Waals surface area contributed by atoms with E-state index in [1.54, 1.807) is 0 Å². The van der Waals surface area contributed by atoms with Gasteiger partial charge < -0.3 is 9.80 Å². The van der Waals surface area contributed by atoms with Crippen LogP contribution in [0.25, 0.3) is 0 Å². The highest BCUT2D eigenvalue weighted by Gasteiger charge is 2.25. The van der Waals surface area contributed by atoms with Crippen LogP contribution in [0.1, 0.15) is 37.0 Å². The maximum atomic E-state index is 12.6. The Morgan fingerprint density at radius 1 is 1.33 bits per heavy atom. The second kappa shape index (κ2) is 7.58. The lowest BCUT2D eigenvalue weighted by Gasteiger charge is -2.35. The van der Waals surface area contributed by atoms with Crippen LogP contribution >= 0.6 is 22.6 Å². The number of piperidine rings is 1. The second-order valence-electron chi connectivity index (χ2n) is 6.25. The van der Waals surface area contributed by atoms with E-state index in [4.69, 9.17) is 0 Å². The second-order valence-corrected chi connectivity index (χ2v) is 7.41. The topological polar surface area (TPSA) is 23.6 Å². The number of carbonyl (C=O) groups excluding carboxylic acids is 1. The van der Waals surface area contributed by atoms with Gasteiger partial charge in [0, 0.05) is 29.2 Å². The summed E-state index contributed by atoms with van der Waals surface area (Å²) in [5.41, 5.74) is 0.843. The van der Waals surface area contributed by atoms with Crippen molar-refractivity contribution in [2.45, 2.75) is 32.7 Å². The van der Waals surface area contributed by atoms with Crippen LogP contribution in [-0.2, 0) is 0 Å². The maximum Gasteiger partial charge on any atom is 0.254 e. The summed E-state index contributed by atoms with van der Waals surface area (Å²) in [7, 11) is 2.19. The molecule has 0 radical (unpaired) electrons. The molecule has 0 spiro atoms. The molecule has 1 heterocycles. The van der Waals surface area contributed by atoms with Crippen molar-refractivity contribution in [3.8, 4) is 0 Å². The van der Waals surface area contributed by atoms with E-state index >= 15 is 0 Å². The molecule has 4 heteroatoms. The fourth-order valence-corrected chi connectivity index (χ4v) is 3.36. The number of hydrogen-bond donors (Lipinski definition) is 0. The number of likely N-dealkylation sites (tertiary alicyclic amines) is 1. The molecule has 1 aliphatic heterocycles. The summed E-state index contributed by atoms with van der Waals surface area (Å²) in [6.45, 7) is 7.38. The van der Waals surface area contributed by atoms with Crippen LogP contribution in [0, 0.1) is 9.49 Å². The van der Waals surface area contributed by atoms with Gasteiger partial charge in [0.1, 0.15) is 0 Å². The van der Waals surface area contributed by atoms with Crippen molar-refractivity contribution in [3.05, 3.63) is 33.4 Å². The lowest BCUT2D eigenvalue weighted by Crippen LogP contribution is -2.42. The van der Waals surface area contributed by atoms with Crippen LogP contribution < -0.4 is 0 Å². The van der Waals surface area contributed by atoms with Gasteiger partial charge >= 0.3 is 0 Å². The van der Waals surface area contributed by atoms with Crippen LogP contribution in [0.2, 0.25) is 0 Å². The summed E-state index contributed by atoms with van der Waals surface area (Å²) in [5, 5.41) is 0. The first kappa shape index (κ1) is 16.7. The molecule has 0 unspecified atom stereocenters. The minimum Gasteiger partial charge on any atom is -0.339 e. The van der Waals surface area contributed by atoms with Crippen LogP contribution in [0.15, 0.2) is 24.3 Å². The smallest absolute Gasteiger partial charge is 0.254 e. The van der Waals surface area contributed by atoms with Crippen molar-refractivity contribution in [3.63, 3.8) is 0 Å². The molecular formula is C17H25IN2O. The van der Waals surface area contributed by atoms with E-state index in [0.29, 0.717) is 6.04 Å². The van der Waals surface area contributed by atoms with Gasteiger partial charge in [-0.3, -0.25) is 4.79 Å². The quantitative estimate of drug-likeness (QED) is 0.723. The molecule has 3 nitrogen and oxygen atoms in total. The molecule has 1 aromatic rings. The molecule has 2 rings (SSSR count). The first-order chi connectivity index (χ1) is 9.99. The highest BCUT2D eigenvalue weighted by molar-refractivity contribution is 14.1. The normalized spacial score (nSPS) is 16.8. The van der Waals surface area contributed by atoms with E-state index in [0.717, 1.165) is 47.5 Å². The number of amides is 1. The Morgan fingerprint density at radius 3 is 2.52 bits per heavy atom. The van der Waals surface area contributed by atoms with E-state index in [-0.39, 0.29) is 5.91 Å². The molecule has 1 saturated heterocycles. The third kappa shape index (κ3) is 4.42. The van der Waals surface area contributed by atoms with Gasteiger partial charge in [0.2, 0.25) is 0 Å². The first-order valence-corrected chi connectivity index (χ1v) is 8.81. The van der Waals surface area contributed by atoms with E-state index in [2.05, 4.69) is 48.4 Å². The SMILES string of the molecule is CC(C)N(C)CC1CCN(C(=O)c2ccccc2I)CC1. The number of rotatable bonds is 4. The summed E-state index contributed by atoms with van der Waals surface area (Å²) in [6, 6.07) is 8.45. The van der Waals surface area contributed by atoms with Crippen LogP contribution in [0.5, 0.6) is 0 Å². The molecule has 0 aliphatic carbocycles. The van der Waals surface area contributed by atoms with E-state index in [9.17, 15) is 4.79 Å². The monoisotopic (exact) mass is 400 g/mol. The highest BCUT2D eigenvalue weighted by Crippen LogP contribution is 2.22. The van der Waals surface area contributed by atoms with Crippen LogP contribution in [0.4, 0.5) is 0 Å². The van der Waals surface area contributed by atoms with Gasteiger partial charge in [0.15, 0.2) is 0 Å². The lowest BCUT2D eigenvalue weighted by atomic mass is 9.95. The largest absolute Gasteiger partial charge is 0.339 e. The van der Waals surface area contributed by atoms with E-state index in [1.165, 1.54) is 0 Å². The zero-order valence-electron chi connectivity index (χ0n) is 13.2. The number of benzene rings is 1. The number of hydrogen-bond acceptors (Lipinski definition) is 2. The minimum atomic E-state index is 0.190. The molecule has 0 bridgehead atoms. The van der Waals surface area contributed by atoms with Gasteiger partial charge in [-0.05, 0) is 74.4 Å². The predicted molar refractivity (Wildman–Crippen MR) is 95.6 cm³/mol. The van der Waals surface area contributed by atoms with Crippen molar-refractivity contribution in [2.75, 3.05) is 26.7 Å². The third-order valence-corrected chi connectivity index (χ3v) is 5.37. The van der Waals surface area contributed by atoms with Crippen molar-refractivity contribution in [1.29, 1.82) is 0 Å². The van der Waals surface area contributed by atoms with Crippen LogP contribution in [0.3, 0.4) is 0 Å². The van der Waals surface area contributed by atoms with Gasteiger partial charge in [-0.25, -0.2) is 0 Å². The average molecular weight is 400 g/mol. The molecule has 0 atom stereocenters. The van der Waals surface area contributed by atoms with E-state index < -0.39 is 0 Å². The molecule has 0 aromatic heterocycles. The molecule has 0 saturated carbocycles. The fourth-order valence-electron chi connectivity index (χ4n) is 2.74. The number of carbonyl (C=O) groups is 1. The summed E-state index contributed by atoms with van der Waals surface area (Å²) >= 11 is 2.24. The Hall–Kier alpha value is -0.620. The molecule has 1 aliphatic rings. The van der Waals surface area contributed by atoms with Gasteiger partial charge in [-0.1, -0.05) is 12.1 Å². The average Bonchev–Trinajstić information content (AvgIpc) is 2.47. The van der Waals surface area contributed by atoms with Crippen molar-refractivity contribution >= 4 is 28.5 Å². The summed E-state index contributed by atoms with van der Waals surface area (Å²) in [5.74, 6) is 0.909. The zero-order valence-corrected chi connectivity index (χ0v) is 15.3. The van der Waals surface area contributed by atoms with Gasteiger partial charge in [-0.15, -0.1) is 0 Å². The third-order valence-electron chi connectivity index (χ3n) is 4.43. The Morgan fingerprint density at radius 2 is 1.95 bits per heavy atom. The first-order valence-electron chi connectivity index (χ1n) is 7.73. The molecule has 21 heavy (non-hydrogen) atoms. The number of halogens is 1. The van der Waals surface area contributed by atoms with Gasteiger partial charge in [0.05, 0.1) is 5.56 Å². The molecule has 1 amide bonds. The lowest BCUT2D eigenvalue weighted by molar-refractivity contribution is 0.0665. The van der Waals surface area contributed by atoms with Crippen molar-refractivity contribution < 1.29 is 4.79 Å². The Balaban J connectivity index is 1.89. The highest BCUT2D eigenvalue weighted by atomic mass is 127. The Kier molecular flexibility index (Phi) is 6.05. The van der Waals surface area contributed by atoms with Crippen molar-refractivity contribution in [1.82, 2.24) is 9.80 Å². The predicted octanol–water partition coefficient (Wildman–Crippen LogP) is 3.48. The summed E-state index contributed by atoms with van der Waals surface area (Å²) in [4.78, 5) is 17.0. The standard InChI is InChI=1S/C17H25IN2O/c1-13(2)19(3)12-14-8-10-20(11-9-14)17(21)15-6-4-5-7-16(15)18/h4-7,13-14H,8-12H2,1-3H3. The molecule has 1 fully saturated rings. The molecule has 1 aromatic carbocycles. The molecular weight excluding hydrogens is 375 g/mol.